The number of aryl methyl sites for hydroxylation is 1. The number of aromatic nitrogens is 4. The number of hydrogen-bond acceptors (Lipinski definition) is 4. The number of halogens is 3. The standard InChI is InChI=1S/C13H6Cl3N5O/c1-5-18-12-10(13(22)19-5)9(4-17)20-21(12)11-7(15)2-6(14)3-8(11)16/h2-3H,1H3,(H,18,19,22). The van der Waals surface area contributed by atoms with E-state index >= 15 is 0 Å². The molecular weight excluding hydrogens is 349 g/mol. The molecule has 0 radical (unpaired) electrons. The molecule has 2 heterocycles. The summed E-state index contributed by atoms with van der Waals surface area (Å²) in [6.45, 7) is 1.62. The van der Waals surface area contributed by atoms with Crippen LogP contribution >= 0.6 is 34.8 Å². The highest BCUT2D eigenvalue weighted by molar-refractivity contribution is 6.40. The zero-order chi connectivity index (χ0) is 16.0. The first kappa shape index (κ1) is 14.9. The molecule has 0 aliphatic rings. The third-order valence-electron chi connectivity index (χ3n) is 2.96. The van der Waals surface area contributed by atoms with Crippen LogP contribution in [-0.2, 0) is 0 Å². The van der Waals surface area contributed by atoms with Crippen LogP contribution in [0.25, 0.3) is 16.7 Å². The van der Waals surface area contributed by atoms with E-state index in [9.17, 15) is 10.1 Å². The summed E-state index contributed by atoms with van der Waals surface area (Å²) in [7, 11) is 0. The van der Waals surface area contributed by atoms with E-state index in [1.54, 1.807) is 6.92 Å². The fourth-order valence-electron chi connectivity index (χ4n) is 2.11. The molecular formula is C13H6Cl3N5O. The molecule has 1 aromatic carbocycles. The normalized spacial score (nSPS) is 10.9. The SMILES string of the molecule is Cc1nc2c(c(C#N)nn2-c2c(Cl)cc(Cl)cc2Cl)c(=O)[nH]1. The number of rotatable bonds is 1. The molecule has 0 aliphatic heterocycles. The van der Waals surface area contributed by atoms with E-state index in [4.69, 9.17) is 34.8 Å². The van der Waals surface area contributed by atoms with Gasteiger partial charge in [-0.2, -0.15) is 10.4 Å². The number of nitrogens with one attached hydrogen (secondary N) is 1. The highest BCUT2D eigenvalue weighted by atomic mass is 35.5. The van der Waals surface area contributed by atoms with Crippen LogP contribution < -0.4 is 5.56 Å². The maximum absolute atomic E-state index is 12.1. The second kappa shape index (κ2) is 5.29. The van der Waals surface area contributed by atoms with Gasteiger partial charge in [0.25, 0.3) is 5.56 Å². The van der Waals surface area contributed by atoms with Gasteiger partial charge in [0, 0.05) is 5.02 Å². The summed E-state index contributed by atoms with van der Waals surface area (Å²) in [5.41, 5.74) is -0.0157. The molecule has 0 atom stereocenters. The minimum atomic E-state index is -0.452. The quantitative estimate of drug-likeness (QED) is 0.726. The van der Waals surface area contributed by atoms with E-state index < -0.39 is 5.56 Å². The highest BCUT2D eigenvalue weighted by Gasteiger charge is 2.20. The minimum Gasteiger partial charge on any atom is -0.310 e. The Hall–Kier alpha value is -2.07. The molecule has 0 saturated carbocycles. The lowest BCUT2D eigenvalue weighted by molar-refractivity contribution is 0.882. The van der Waals surface area contributed by atoms with Crippen molar-refractivity contribution in [1.82, 2.24) is 19.7 Å². The summed E-state index contributed by atoms with van der Waals surface area (Å²) >= 11 is 18.2. The van der Waals surface area contributed by atoms with Gasteiger partial charge in [0.1, 0.15) is 23.0 Å². The number of benzene rings is 1. The van der Waals surface area contributed by atoms with Crippen LogP contribution in [0.5, 0.6) is 0 Å². The van der Waals surface area contributed by atoms with Crippen LogP contribution in [0.3, 0.4) is 0 Å². The first-order valence-corrected chi connectivity index (χ1v) is 7.10. The molecule has 22 heavy (non-hydrogen) atoms. The number of H-pyrrole nitrogens is 1. The minimum absolute atomic E-state index is 0.0640. The third kappa shape index (κ3) is 2.24. The lowest BCUT2D eigenvalue weighted by atomic mass is 10.3. The summed E-state index contributed by atoms with van der Waals surface area (Å²) in [5.74, 6) is 0.379. The molecule has 0 spiro atoms. The van der Waals surface area contributed by atoms with Crippen LogP contribution in [-0.4, -0.2) is 19.7 Å². The van der Waals surface area contributed by atoms with Gasteiger partial charge in [0.2, 0.25) is 0 Å². The van der Waals surface area contributed by atoms with Crippen molar-refractivity contribution in [3.63, 3.8) is 0 Å². The molecule has 6 nitrogen and oxygen atoms in total. The molecule has 0 bridgehead atoms. The molecule has 3 aromatic rings. The molecule has 2 aromatic heterocycles. The zero-order valence-electron chi connectivity index (χ0n) is 11.0. The Morgan fingerprint density at radius 2 is 1.91 bits per heavy atom. The Morgan fingerprint density at radius 1 is 1.27 bits per heavy atom. The zero-order valence-corrected chi connectivity index (χ0v) is 13.3. The Kier molecular flexibility index (Phi) is 3.57. The van der Waals surface area contributed by atoms with Gasteiger partial charge in [0.05, 0.1) is 10.0 Å². The second-order valence-corrected chi connectivity index (χ2v) is 5.69. The number of nitrogens with zero attached hydrogens (tertiary/aromatic N) is 4. The summed E-state index contributed by atoms with van der Waals surface area (Å²) in [6.07, 6.45) is 0. The maximum atomic E-state index is 12.1. The number of hydrogen-bond donors (Lipinski definition) is 1. The second-order valence-electron chi connectivity index (χ2n) is 4.44. The molecule has 1 N–H and O–H groups in total. The lowest BCUT2D eigenvalue weighted by Gasteiger charge is -2.08. The van der Waals surface area contributed by atoms with Crippen LogP contribution in [0.4, 0.5) is 0 Å². The van der Waals surface area contributed by atoms with Gasteiger partial charge in [-0.25, -0.2) is 9.67 Å². The van der Waals surface area contributed by atoms with Gasteiger partial charge >= 0.3 is 0 Å². The van der Waals surface area contributed by atoms with Crippen molar-refractivity contribution in [2.24, 2.45) is 0 Å². The third-order valence-corrected chi connectivity index (χ3v) is 3.75. The molecule has 110 valence electrons. The van der Waals surface area contributed by atoms with Crippen LogP contribution in [0.2, 0.25) is 15.1 Å². The maximum Gasteiger partial charge on any atom is 0.263 e. The summed E-state index contributed by atoms with van der Waals surface area (Å²) < 4.78 is 1.27. The van der Waals surface area contributed by atoms with E-state index in [0.717, 1.165) is 0 Å². The van der Waals surface area contributed by atoms with Crippen molar-refractivity contribution in [1.29, 1.82) is 5.26 Å². The van der Waals surface area contributed by atoms with E-state index in [0.29, 0.717) is 16.5 Å². The van der Waals surface area contributed by atoms with Gasteiger partial charge in [-0.05, 0) is 19.1 Å². The summed E-state index contributed by atoms with van der Waals surface area (Å²) in [6, 6.07) is 4.85. The highest BCUT2D eigenvalue weighted by Crippen LogP contribution is 2.33. The molecule has 0 aliphatic carbocycles. The van der Waals surface area contributed by atoms with E-state index in [-0.39, 0.29) is 26.8 Å². The van der Waals surface area contributed by atoms with Crippen molar-refractivity contribution in [2.75, 3.05) is 0 Å². The Morgan fingerprint density at radius 3 is 2.50 bits per heavy atom. The summed E-state index contributed by atoms with van der Waals surface area (Å²) in [5, 5.41) is 14.2. The molecule has 9 heteroatoms. The van der Waals surface area contributed by atoms with Crippen LogP contribution in [0.15, 0.2) is 16.9 Å². The molecule has 0 saturated heterocycles. The molecule has 0 amide bonds. The number of nitriles is 1. The predicted octanol–water partition coefficient (Wildman–Crippen LogP) is 3.25. The van der Waals surface area contributed by atoms with E-state index in [1.807, 2.05) is 6.07 Å². The molecule has 3 rings (SSSR count). The van der Waals surface area contributed by atoms with Crippen LogP contribution in [0, 0.1) is 18.3 Å². The van der Waals surface area contributed by atoms with Gasteiger partial charge in [-0.1, -0.05) is 34.8 Å². The number of fused-ring (bicyclic) bond motifs is 1. The number of aromatic amines is 1. The summed E-state index contributed by atoms with van der Waals surface area (Å²) in [4.78, 5) is 18.8. The largest absolute Gasteiger partial charge is 0.310 e. The van der Waals surface area contributed by atoms with Crippen molar-refractivity contribution in [2.45, 2.75) is 6.92 Å². The first-order chi connectivity index (χ1) is 10.4. The molecule has 0 unspecified atom stereocenters. The monoisotopic (exact) mass is 353 g/mol. The fourth-order valence-corrected chi connectivity index (χ4v) is 3.08. The van der Waals surface area contributed by atoms with E-state index in [1.165, 1.54) is 16.8 Å². The average Bonchev–Trinajstić information content (AvgIpc) is 2.76. The van der Waals surface area contributed by atoms with Gasteiger partial charge in [0.15, 0.2) is 11.3 Å². The Bertz CT molecular complexity index is 992. The first-order valence-electron chi connectivity index (χ1n) is 5.97. The lowest BCUT2D eigenvalue weighted by Crippen LogP contribution is -2.10. The Labute approximate surface area is 138 Å². The van der Waals surface area contributed by atoms with Crippen molar-refractivity contribution < 1.29 is 0 Å². The molecule has 0 fully saturated rings. The Balaban J connectivity index is 2.48. The topological polar surface area (TPSA) is 87.4 Å². The van der Waals surface area contributed by atoms with Crippen LogP contribution in [0.1, 0.15) is 11.5 Å². The van der Waals surface area contributed by atoms with E-state index in [2.05, 4.69) is 15.1 Å². The smallest absolute Gasteiger partial charge is 0.263 e. The van der Waals surface area contributed by atoms with Gasteiger partial charge < -0.3 is 4.98 Å². The van der Waals surface area contributed by atoms with Crippen molar-refractivity contribution >= 4 is 45.8 Å². The van der Waals surface area contributed by atoms with Gasteiger partial charge in [-0.15, -0.1) is 0 Å². The van der Waals surface area contributed by atoms with Crippen molar-refractivity contribution in [3.8, 4) is 11.8 Å². The van der Waals surface area contributed by atoms with Gasteiger partial charge in [-0.3, -0.25) is 4.79 Å². The van der Waals surface area contributed by atoms with Crippen molar-refractivity contribution in [3.05, 3.63) is 49.1 Å². The average molecular weight is 355 g/mol. The fraction of sp³-hybridized carbons (Fsp3) is 0.0769. The predicted molar refractivity (Wildman–Crippen MR) is 84.0 cm³/mol.